The first-order valence-electron chi connectivity index (χ1n) is 5.35. The lowest BCUT2D eigenvalue weighted by Crippen LogP contribution is -2.11. The fraction of sp³-hybridized carbons (Fsp3) is 0.364. The molecule has 1 saturated carbocycles. The molecule has 1 aromatic carbocycles. The van der Waals surface area contributed by atoms with Gasteiger partial charge in [-0.3, -0.25) is 10.1 Å². The van der Waals surface area contributed by atoms with Crippen LogP contribution >= 0.6 is 0 Å². The lowest BCUT2D eigenvalue weighted by molar-refractivity contribution is -0.384. The molecule has 0 radical (unpaired) electrons. The lowest BCUT2D eigenvalue weighted by atomic mass is 10.1. The quantitative estimate of drug-likeness (QED) is 0.505. The van der Waals surface area contributed by atoms with Crippen molar-refractivity contribution in [3.8, 4) is 0 Å². The van der Waals surface area contributed by atoms with Crippen molar-refractivity contribution >= 4 is 17.3 Å². The third-order valence-corrected chi connectivity index (χ3v) is 2.60. The van der Waals surface area contributed by atoms with Crippen LogP contribution in [0.4, 0.5) is 15.8 Å². The second kappa shape index (κ2) is 4.59. The predicted octanol–water partition coefficient (Wildman–Crippen LogP) is 2.09. The number of carbonyl (C=O) groups excluding carboxylic acids is 1. The molecule has 0 heterocycles. The van der Waals surface area contributed by atoms with Gasteiger partial charge in [0.1, 0.15) is 17.1 Å². The number of nitrogens with one attached hydrogen (secondary N) is 1. The van der Waals surface area contributed by atoms with E-state index in [0.717, 1.165) is 32.1 Å². The fourth-order valence-electron chi connectivity index (χ4n) is 1.62. The molecule has 0 unspecified atom stereocenters. The van der Waals surface area contributed by atoms with E-state index in [1.807, 2.05) is 0 Å². The van der Waals surface area contributed by atoms with E-state index in [1.165, 1.54) is 0 Å². The van der Waals surface area contributed by atoms with Crippen LogP contribution in [0.15, 0.2) is 12.1 Å². The molecule has 0 bridgehead atoms. The molecule has 1 N–H and O–H groups in total. The van der Waals surface area contributed by atoms with Crippen LogP contribution in [0.5, 0.6) is 0 Å². The zero-order valence-corrected chi connectivity index (χ0v) is 9.60. The molecule has 1 fully saturated rings. The first kappa shape index (κ1) is 12.3. The molecule has 0 aliphatic heterocycles. The third-order valence-electron chi connectivity index (χ3n) is 2.60. The van der Waals surface area contributed by atoms with Crippen molar-refractivity contribution in [2.24, 2.45) is 0 Å². The average Bonchev–Trinajstić information content (AvgIpc) is 3.10. The number of carbonyl (C=O) groups is 1. The number of hydrogen-bond acceptors (Lipinski definition) is 5. The Balaban J connectivity index is 2.52. The van der Waals surface area contributed by atoms with E-state index in [4.69, 9.17) is 0 Å². The van der Waals surface area contributed by atoms with Crippen molar-refractivity contribution in [2.75, 3.05) is 12.4 Å². The summed E-state index contributed by atoms with van der Waals surface area (Å²) >= 11 is 0. The van der Waals surface area contributed by atoms with Gasteiger partial charge in [-0.15, -0.1) is 0 Å². The van der Waals surface area contributed by atoms with Crippen LogP contribution in [-0.2, 0) is 4.74 Å². The molecule has 0 atom stereocenters. The molecule has 1 aliphatic carbocycles. The summed E-state index contributed by atoms with van der Waals surface area (Å²) in [6.45, 7) is 0. The van der Waals surface area contributed by atoms with E-state index in [9.17, 15) is 19.3 Å². The number of hydrogen-bond donors (Lipinski definition) is 1. The standard InChI is InChI=1S/C11H11FN2O4/c1-18-11(15)8-4-6(12)5-9(10(8)14(16)17)13-7-2-3-7/h4-5,7,13H,2-3H2,1H3. The lowest BCUT2D eigenvalue weighted by Gasteiger charge is -2.08. The van der Waals surface area contributed by atoms with Gasteiger partial charge in [-0.25, -0.2) is 9.18 Å². The molecule has 1 aromatic rings. The van der Waals surface area contributed by atoms with Crippen LogP contribution in [0.25, 0.3) is 0 Å². The van der Waals surface area contributed by atoms with E-state index < -0.39 is 22.4 Å². The number of methoxy groups -OCH3 is 1. The highest BCUT2D eigenvalue weighted by atomic mass is 19.1. The predicted molar refractivity (Wildman–Crippen MR) is 61.0 cm³/mol. The van der Waals surface area contributed by atoms with Crippen LogP contribution < -0.4 is 5.32 Å². The average molecular weight is 254 g/mol. The number of esters is 1. The van der Waals surface area contributed by atoms with Gasteiger partial charge in [0, 0.05) is 12.1 Å². The minimum atomic E-state index is -0.931. The Morgan fingerprint density at radius 2 is 2.22 bits per heavy atom. The normalized spacial score (nSPS) is 14.1. The summed E-state index contributed by atoms with van der Waals surface area (Å²) in [5.74, 6) is -1.65. The molecular formula is C11H11FN2O4. The summed E-state index contributed by atoms with van der Waals surface area (Å²) in [7, 11) is 1.09. The van der Waals surface area contributed by atoms with Gasteiger partial charge in [0.05, 0.1) is 12.0 Å². The summed E-state index contributed by atoms with van der Waals surface area (Å²) in [5.41, 5.74) is -0.816. The Morgan fingerprint density at radius 1 is 1.56 bits per heavy atom. The van der Waals surface area contributed by atoms with Gasteiger partial charge in [0.15, 0.2) is 0 Å². The van der Waals surface area contributed by atoms with Crippen molar-refractivity contribution in [2.45, 2.75) is 18.9 Å². The van der Waals surface area contributed by atoms with Gasteiger partial charge >= 0.3 is 11.7 Å². The number of anilines is 1. The fourth-order valence-corrected chi connectivity index (χ4v) is 1.62. The van der Waals surface area contributed by atoms with Crippen molar-refractivity contribution in [1.29, 1.82) is 0 Å². The number of rotatable bonds is 4. The highest BCUT2D eigenvalue weighted by Gasteiger charge is 2.30. The van der Waals surface area contributed by atoms with E-state index in [0.29, 0.717) is 0 Å². The SMILES string of the molecule is COC(=O)c1cc(F)cc(NC2CC2)c1[N+](=O)[O-]. The number of nitrogens with zero attached hydrogens (tertiary/aromatic N) is 1. The molecule has 7 heteroatoms. The molecule has 6 nitrogen and oxygen atoms in total. The van der Waals surface area contributed by atoms with Gasteiger partial charge in [-0.05, 0) is 18.9 Å². The smallest absolute Gasteiger partial charge is 0.345 e. The summed E-state index contributed by atoms with van der Waals surface area (Å²) in [5, 5.41) is 13.8. The molecule has 2 rings (SSSR count). The van der Waals surface area contributed by atoms with Crippen LogP contribution in [0, 0.1) is 15.9 Å². The van der Waals surface area contributed by atoms with E-state index in [1.54, 1.807) is 0 Å². The second-order valence-electron chi connectivity index (χ2n) is 4.02. The molecular weight excluding hydrogens is 243 g/mol. The summed E-state index contributed by atoms with van der Waals surface area (Å²) in [6.07, 6.45) is 1.75. The maximum atomic E-state index is 13.4. The second-order valence-corrected chi connectivity index (χ2v) is 4.02. The third kappa shape index (κ3) is 2.39. The van der Waals surface area contributed by atoms with Crippen LogP contribution in [0.1, 0.15) is 23.2 Å². The first-order valence-corrected chi connectivity index (χ1v) is 5.35. The number of ether oxygens (including phenoxy) is 1. The zero-order valence-electron chi connectivity index (χ0n) is 9.60. The van der Waals surface area contributed by atoms with Gasteiger partial charge in [-0.1, -0.05) is 0 Å². The highest BCUT2D eigenvalue weighted by molar-refractivity contribution is 5.96. The van der Waals surface area contributed by atoms with Crippen molar-refractivity contribution < 1.29 is 18.8 Å². The van der Waals surface area contributed by atoms with Gasteiger partial charge < -0.3 is 10.1 Å². The monoisotopic (exact) mass is 254 g/mol. The van der Waals surface area contributed by atoms with E-state index >= 15 is 0 Å². The molecule has 0 amide bonds. The number of halogens is 1. The number of nitro benzene ring substituents is 1. The van der Waals surface area contributed by atoms with Crippen LogP contribution in [-0.4, -0.2) is 24.0 Å². The Morgan fingerprint density at radius 3 is 2.72 bits per heavy atom. The number of benzene rings is 1. The molecule has 0 saturated heterocycles. The van der Waals surface area contributed by atoms with E-state index in [2.05, 4.69) is 10.1 Å². The molecule has 1 aliphatic rings. The first-order chi connectivity index (χ1) is 8.52. The number of nitro groups is 1. The summed E-state index contributed by atoms with van der Waals surface area (Å²) < 4.78 is 17.8. The minimum absolute atomic E-state index is 0.0166. The zero-order chi connectivity index (χ0) is 13.3. The minimum Gasteiger partial charge on any atom is -0.465 e. The summed E-state index contributed by atoms with van der Waals surface area (Å²) in [4.78, 5) is 21.7. The van der Waals surface area contributed by atoms with Crippen molar-refractivity contribution in [3.63, 3.8) is 0 Å². The maximum Gasteiger partial charge on any atom is 0.345 e. The highest BCUT2D eigenvalue weighted by Crippen LogP contribution is 2.34. The van der Waals surface area contributed by atoms with Gasteiger partial charge in [0.25, 0.3) is 0 Å². The Labute approximate surface area is 102 Å². The van der Waals surface area contributed by atoms with E-state index in [-0.39, 0.29) is 17.3 Å². The molecule has 96 valence electrons. The van der Waals surface area contributed by atoms with Gasteiger partial charge in [-0.2, -0.15) is 0 Å². The summed E-state index contributed by atoms with van der Waals surface area (Å²) in [6, 6.07) is 1.93. The van der Waals surface area contributed by atoms with Crippen molar-refractivity contribution in [1.82, 2.24) is 0 Å². The molecule has 0 aromatic heterocycles. The largest absolute Gasteiger partial charge is 0.465 e. The maximum absolute atomic E-state index is 13.4. The van der Waals surface area contributed by atoms with Crippen LogP contribution in [0.3, 0.4) is 0 Å². The molecule has 0 spiro atoms. The van der Waals surface area contributed by atoms with Crippen molar-refractivity contribution in [3.05, 3.63) is 33.6 Å². The Kier molecular flexibility index (Phi) is 3.14. The molecule has 18 heavy (non-hydrogen) atoms. The Hall–Kier alpha value is -2.18. The Bertz CT molecular complexity index is 514. The van der Waals surface area contributed by atoms with Gasteiger partial charge in [0.2, 0.25) is 0 Å². The topological polar surface area (TPSA) is 81.5 Å². The van der Waals surface area contributed by atoms with Crippen LogP contribution in [0.2, 0.25) is 0 Å².